The van der Waals surface area contributed by atoms with Crippen LogP contribution in [0.4, 0.5) is 11.6 Å². The Balaban J connectivity index is 1.80. The first-order chi connectivity index (χ1) is 7.78. The smallest absolute Gasteiger partial charge is 0.239 e. The van der Waals surface area contributed by atoms with Crippen LogP contribution in [0.1, 0.15) is 12.8 Å². The fraction of sp³-hybridized carbons (Fsp3) is 0.444. The molecule has 0 radical (unpaired) electrons. The van der Waals surface area contributed by atoms with Crippen molar-refractivity contribution in [1.29, 1.82) is 0 Å². The lowest BCUT2D eigenvalue weighted by molar-refractivity contribution is -0.119. The Hall–Kier alpha value is -1.89. The van der Waals surface area contributed by atoms with Crippen LogP contribution in [-0.4, -0.2) is 28.5 Å². The summed E-state index contributed by atoms with van der Waals surface area (Å²) in [5.74, 6) is 6.12. The van der Waals surface area contributed by atoms with Crippen molar-refractivity contribution < 1.29 is 4.79 Å². The summed E-state index contributed by atoms with van der Waals surface area (Å²) in [6.45, 7) is 0.194. The summed E-state index contributed by atoms with van der Waals surface area (Å²) in [6.07, 6.45) is 5.19. The molecule has 0 bridgehead atoms. The van der Waals surface area contributed by atoms with Gasteiger partial charge in [-0.2, -0.15) is 0 Å². The van der Waals surface area contributed by atoms with E-state index in [-0.39, 0.29) is 12.5 Å². The molecule has 1 aromatic heterocycles. The zero-order chi connectivity index (χ0) is 11.4. The molecule has 0 saturated heterocycles. The number of carbonyl (C=O) groups excluding carboxylic acids is 1. The van der Waals surface area contributed by atoms with E-state index < -0.39 is 0 Å². The Morgan fingerprint density at radius 1 is 1.44 bits per heavy atom. The second kappa shape index (κ2) is 4.75. The van der Waals surface area contributed by atoms with Crippen molar-refractivity contribution in [1.82, 2.24) is 15.3 Å². The van der Waals surface area contributed by atoms with Gasteiger partial charge < -0.3 is 16.1 Å². The van der Waals surface area contributed by atoms with Crippen LogP contribution < -0.4 is 21.9 Å². The highest BCUT2D eigenvalue weighted by Crippen LogP contribution is 2.18. The van der Waals surface area contributed by atoms with Gasteiger partial charge in [-0.25, -0.2) is 10.8 Å². The molecule has 7 heteroatoms. The number of hydrogen-bond donors (Lipinski definition) is 4. The van der Waals surface area contributed by atoms with E-state index >= 15 is 0 Å². The zero-order valence-electron chi connectivity index (χ0n) is 8.73. The maximum absolute atomic E-state index is 11.4. The van der Waals surface area contributed by atoms with Gasteiger partial charge in [-0.3, -0.25) is 9.78 Å². The number of carbonyl (C=O) groups is 1. The van der Waals surface area contributed by atoms with Gasteiger partial charge >= 0.3 is 0 Å². The van der Waals surface area contributed by atoms with Crippen molar-refractivity contribution in [2.75, 3.05) is 17.3 Å². The minimum absolute atomic E-state index is 0.0320. The Morgan fingerprint density at radius 2 is 2.19 bits per heavy atom. The third-order valence-electron chi connectivity index (χ3n) is 2.15. The molecule has 1 heterocycles. The first-order valence-corrected chi connectivity index (χ1v) is 5.10. The molecule has 1 fully saturated rings. The van der Waals surface area contributed by atoms with Crippen molar-refractivity contribution in [3.63, 3.8) is 0 Å². The minimum atomic E-state index is -0.0320. The lowest BCUT2D eigenvalue weighted by Crippen LogP contribution is -2.31. The third kappa shape index (κ3) is 3.06. The van der Waals surface area contributed by atoms with E-state index in [1.807, 2.05) is 0 Å². The van der Waals surface area contributed by atoms with Crippen LogP contribution in [0.5, 0.6) is 0 Å². The molecule has 5 N–H and O–H groups in total. The Labute approximate surface area is 92.8 Å². The van der Waals surface area contributed by atoms with E-state index in [2.05, 4.69) is 26.0 Å². The molecule has 1 saturated carbocycles. The minimum Gasteiger partial charge on any atom is -0.360 e. The number of anilines is 2. The molecular weight excluding hydrogens is 208 g/mol. The monoisotopic (exact) mass is 222 g/mol. The van der Waals surface area contributed by atoms with E-state index in [1.165, 1.54) is 12.4 Å². The number of nitrogens with one attached hydrogen (secondary N) is 3. The maximum atomic E-state index is 11.4. The van der Waals surface area contributed by atoms with E-state index in [9.17, 15) is 4.79 Å². The predicted octanol–water partition coefficient (Wildman–Crippen LogP) is -0.547. The molecular formula is C9H14N6O. The Bertz CT molecular complexity index is 378. The summed E-state index contributed by atoms with van der Waals surface area (Å²) < 4.78 is 0. The van der Waals surface area contributed by atoms with Gasteiger partial charge in [0.25, 0.3) is 0 Å². The molecule has 1 amide bonds. The molecule has 1 aliphatic rings. The van der Waals surface area contributed by atoms with Crippen molar-refractivity contribution in [2.24, 2.45) is 5.84 Å². The normalized spacial score (nSPS) is 14.3. The average Bonchev–Trinajstić information content (AvgIpc) is 3.10. The first-order valence-electron chi connectivity index (χ1n) is 5.10. The van der Waals surface area contributed by atoms with Gasteiger partial charge in [0, 0.05) is 6.04 Å². The molecule has 2 rings (SSSR count). The molecule has 0 unspecified atom stereocenters. The summed E-state index contributed by atoms with van der Waals surface area (Å²) in [5.41, 5.74) is 2.38. The number of amides is 1. The predicted molar refractivity (Wildman–Crippen MR) is 59.5 cm³/mol. The summed E-state index contributed by atoms with van der Waals surface area (Å²) in [6, 6.07) is 0.373. The van der Waals surface area contributed by atoms with Gasteiger partial charge in [-0.1, -0.05) is 0 Å². The fourth-order valence-corrected chi connectivity index (χ4v) is 1.20. The molecule has 16 heavy (non-hydrogen) atoms. The quantitative estimate of drug-likeness (QED) is 0.393. The summed E-state index contributed by atoms with van der Waals surface area (Å²) >= 11 is 0. The molecule has 86 valence electrons. The highest BCUT2D eigenvalue weighted by molar-refractivity contribution is 5.80. The Kier molecular flexibility index (Phi) is 3.16. The largest absolute Gasteiger partial charge is 0.360 e. The summed E-state index contributed by atoms with van der Waals surface area (Å²) in [4.78, 5) is 19.3. The van der Waals surface area contributed by atoms with Crippen LogP contribution in [0.15, 0.2) is 12.4 Å². The van der Waals surface area contributed by atoms with Crippen LogP contribution in [0, 0.1) is 0 Å². The van der Waals surface area contributed by atoms with E-state index in [0.717, 1.165) is 12.8 Å². The fourth-order valence-electron chi connectivity index (χ4n) is 1.20. The maximum Gasteiger partial charge on any atom is 0.239 e. The molecule has 0 atom stereocenters. The molecule has 0 aromatic carbocycles. The van der Waals surface area contributed by atoms with Gasteiger partial charge in [0.2, 0.25) is 5.91 Å². The number of hydrogen-bond acceptors (Lipinski definition) is 6. The summed E-state index contributed by atoms with van der Waals surface area (Å²) in [5, 5.41) is 5.73. The van der Waals surface area contributed by atoms with Gasteiger partial charge in [-0.05, 0) is 12.8 Å². The number of nitrogen functional groups attached to an aromatic ring is 1. The lowest BCUT2D eigenvalue weighted by atomic mass is 10.5. The van der Waals surface area contributed by atoms with Crippen LogP contribution in [0.25, 0.3) is 0 Å². The lowest BCUT2D eigenvalue weighted by Gasteiger charge is -2.06. The molecule has 0 aliphatic heterocycles. The van der Waals surface area contributed by atoms with Crippen LogP contribution in [-0.2, 0) is 4.79 Å². The molecule has 1 aromatic rings. The highest BCUT2D eigenvalue weighted by atomic mass is 16.2. The van der Waals surface area contributed by atoms with E-state index in [0.29, 0.717) is 17.7 Å². The second-order valence-electron chi connectivity index (χ2n) is 3.63. The average molecular weight is 222 g/mol. The van der Waals surface area contributed by atoms with Crippen LogP contribution >= 0.6 is 0 Å². The third-order valence-corrected chi connectivity index (χ3v) is 2.15. The number of nitrogens with two attached hydrogens (primary N) is 1. The van der Waals surface area contributed by atoms with Crippen LogP contribution in [0.3, 0.4) is 0 Å². The summed E-state index contributed by atoms with van der Waals surface area (Å²) in [7, 11) is 0. The van der Waals surface area contributed by atoms with Gasteiger partial charge in [0.15, 0.2) is 5.82 Å². The second-order valence-corrected chi connectivity index (χ2v) is 3.63. The van der Waals surface area contributed by atoms with Gasteiger partial charge in [0.1, 0.15) is 5.82 Å². The zero-order valence-corrected chi connectivity index (χ0v) is 8.73. The van der Waals surface area contributed by atoms with E-state index in [4.69, 9.17) is 5.84 Å². The van der Waals surface area contributed by atoms with Crippen molar-refractivity contribution in [3.05, 3.63) is 12.4 Å². The highest BCUT2D eigenvalue weighted by Gasteiger charge is 2.22. The first kappa shape index (κ1) is 10.6. The topological polar surface area (TPSA) is 105 Å². The number of rotatable bonds is 5. The van der Waals surface area contributed by atoms with Crippen LogP contribution in [0.2, 0.25) is 0 Å². The van der Waals surface area contributed by atoms with E-state index in [1.54, 1.807) is 0 Å². The van der Waals surface area contributed by atoms with Crippen molar-refractivity contribution >= 4 is 17.5 Å². The number of nitrogens with zero attached hydrogens (tertiary/aromatic N) is 2. The van der Waals surface area contributed by atoms with Gasteiger partial charge in [0.05, 0.1) is 18.9 Å². The molecule has 1 aliphatic carbocycles. The van der Waals surface area contributed by atoms with Crippen molar-refractivity contribution in [2.45, 2.75) is 18.9 Å². The molecule has 7 nitrogen and oxygen atoms in total. The number of aromatic nitrogens is 2. The Morgan fingerprint density at radius 3 is 2.88 bits per heavy atom. The standard InChI is InChI=1S/C9H14N6O/c10-15-8-4-11-3-7(14-8)12-5-9(16)13-6-1-2-6/h3-4,6H,1-2,5,10H2,(H,13,16)(H2,12,14,15). The van der Waals surface area contributed by atoms with Crippen molar-refractivity contribution in [3.8, 4) is 0 Å². The SMILES string of the molecule is NNc1cncc(NCC(=O)NC2CC2)n1. The number of hydrazine groups is 1. The molecule has 0 spiro atoms. The van der Waals surface area contributed by atoms with Gasteiger partial charge in [-0.15, -0.1) is 0 Å².